The number of ether oxygens (including phenoxy) is 2. The third kappa shape index (κ3) is 3.55. The number of carbonyl (C=O) groups is 2. The number of likely N-dealkylation sites (tertiary alicyclic amines) is 1. The normalized spacial score (nSPS) is 23.3. The molecule has 4 rings (SSSR count). The Hall–Kier alpha value is -2.44. The van der Waals surface area contributed by atoms with Gasteiger partial charge >= 0.3 is 12.0 Å². The Morgan fingerprint density at radius 3 is 2.63 bits per heavy atom. The number of nitrogens with zero attached hydrogens (tertiary/aromatic N) is 1. The van der Waals surface area contributed by atoms with E-state index >= 15 is 0 Å². The Morgan fingerprint density at radius 2 is 1.93 bits per heavy atom. The van der Waals surface area contributed by atoms with Gasteiger partial charge < -0.3 is 24.8 Å². The number of amides is 2. The summed E-state index contributed by atoms with van der Waals surface area (Å²) >= 11 is 0. The molecule has 2 fully saturated rings. The maximum absolute atomic E-state index is 12.6. The lowest BCUT2D eigenvalue weighted by Crippen LogP contribution is -2.45. The fraction of sp³-hybridized carbons (Fsp3) is 0.600. The van der Waals surface area contributed by atoms with Crippen LogP contribution in [0.25, 0.3) is 0 Å². The number of urea groups is 1. The molecule has 3 aliphatic rings. The Morgan fingerprint density at radius 1 is 1.19 bits per heavy atom. The van der Waals surface area contributed by atoms with Gasteiger partial charge in [0.15, 0.2) is 11.5 Å². The van der Waals surface area contributed by atoms with E-state index in [9.17, 15) is 9.59 Å². The lowest BCUT2D eigenvalue weighted by molar-refractivity contribution is -0.141. The molecule has 1 saturated heterocycles. The predicted octanol–water partition coefficient (Wildman–Crippen LogP) is 2.39. The van der Waals surface area contributed by atoms with Gasteiger partial charge in [0, 0.05) is 25.0 Å². The second-order valence-electron chi connectivity index (χ2n) is 7.77. The summed E-state index contributed by atoms with van der Waals surface area (Å²) in [5, 5.41) is 12.2. The molecule has 0 spiro atoms. The first kappa shape index (κ1) is 17.9. The van der Waals surface area contributed by atoms with Gasteiger partial charge in [0.25, 0.3) is 0 Å². The van der Waals surface area contributed by atoms with Crippen molar-refractivity contribution < 1.29 is 24.2 Å². The van der Waals surface area contributed by atoms with Gasteiger partial charge in [-0.25, -0.2) is 4.79 Å². The molecule has 2 aliphatic heterocycles. The first-order valence-electron chi connectivity index (χ1n) is 9.73. The molecule has 7 nitrogen and oxygen atoms in total. The minimum Gasteiger partial charge on any atom is -0.486 e. The van der Waals surface area contributed by atoms with Crippen LogP contribution in [0.1, 0.15) is 37.7 Å². The molecule has 27 heavy (non-hydrogen) atoms. The van der Waals surface area contributed by atoms with Crippen LogP contribution >= 0.6 is 0 Å². The number of benzene rings is 1. The second-order valence-corrected chi connectivity index (χ2v) is 7.77. The van der Waals surface area contributed by atoms with Crippen molar-refractivity contribution in [1.82, 2.24) is 10.2 Å². The number of carboxylic acids is 1. The monoisotopic (exact) mass is 374 g/mol. The summed E-state index contributed by atoms with van der Waals surface area (Å²) < 4.78 is 11.4. The topological polar surface area (TPSA) is 88.1 Å². The highest BCUT2D eigenvalue weighted by Crippen LogP contribution is 2.43. The number of fused-ring (bicyclic) bond motifs is 1. The molecule has 1 unspecified atom stereocenters. The number of hydrogen-bond donors (Lipinski definition) is 2. The molecule has 2 amide bonds. The summed E-state index contributed by atoms with van der Waals surface area (Å²) in [6.45, 7) is 2.47. The summed E-state index contributed by atoms with van der Waals surface area (Å²) in [5.74, 6) is 0.280. The molecule has 7 heteroatoms. The zero-order valence-electron chi connectivity index (χ0n) is 15.4. The van der Waals surface area contributed by atoms with Crippen molar-refractivity contribution in [2.24, 2.45) is 5.92 Å². The summed E-state index contributed by atoms with van der Waals surface area (Å²) in [7, 11) is 0. The number of nitrogens with one attached hydrogen (secondary N) is 1. The molecule has 1 aromatic carbocycles. The highest BCUT2D eigenvalue weighted by Gasteiger charge is 2.38. The second kappa shape index (κ2) is 7.29. The molecule has 1 atom stereocenters. The molecule has 0 aromatic heterocycles. The van der Waals surface area contributed by atoms with Crippen molar-refractivity contribution in [2.75, 3.05) is 32.8 Å². The van der Waals surface area contributed by atoms with Crippen molar-refractivity contribution in [1.29, 1.82) is 0 Å². The van der Waals surface area contributed by atoms with Crippen molar-refractivity contribution in [3.63, 3.8) is 0 Å². The van der Waals surface area contributed by atoms with Crippen LogP contribution in [-0.4, -0.2) is 54.9 Å². The van der Waals surface area contributed by atoms with E-state index in [0.717, 1.165) is 37.2 Å². The highest BCUT2D eigenvalue weighted by molar-refractivity contribution is 5.77. The maximum Gasteiger partial charge on any atom is 0.317 e. The van der Waals surface area contributed by atoms with Crippen molar-refractivity contribution >= 4 is 12.0 Å². The predicted molar refractivity (Wildman–Crippen MR) is 98.3 cm³/mol. The lowest BCUT2D eigenvalue weighted by atomic mass is 9.78. The van der Waals surface area contributed by atoms with E-state index in [0.29, 0.717) is 32.7 Å². The lowest BCUT2D eigenvalue weighted by Gasteiger charge is -2.32. The van der Waals surface area contributed by atoms with Crippen molar-refractivity contribution in [2.45, 2.75) is 37.5 Å². The van der Waals surface area contributed by atoms with E-state index in [2.05, 4.69) is 17.4 Å². The standard InChI is InChI=1S/C20H26N2O5/c23-18(24)14-5-8-22(12-14)19(25)21-13-20(6-1-2-7-20)15-3-4-16-17(11-15)27-10-9-26-16/h3-4,11,14H,1-2,5-10,12-13H2,(H,21,25)(H,23,24). The summed E-state index contributed by atoms with van der Waals surface area (Å²) in [4.78, 5) is 25.3. The van der Waals surface area contributed by atoms with Crippen LogP contribution in [0.2, 0.25) is 0 Å². The number of carboxylic acid groups (broad SMARTS) is 1. The molecule has 2 heterocycles. The Labute approximate surface area is 158 Å². The van der Waals surface area contributed by atoms with E-state index in [-0.39, 0.29) is 18.0 Å². The van der Waals surface area contributed by atoms with Gasteiger partial charge in [-0.1, -0.05) is 18.9 Å². The minimum atomic E-state index is -0.825. The summed E-state index contributed by atoms with van der Waals surface area (Å²) in [6.07, 6.45) is 4.83. The molecule has 1 saturated carbocycles. The quantitative estimate of drug-likeness (QED) is 0.845. The van der Waals surface area contributed by atoms with Gasteiger partial charge in [-0.05, 0) is 37.0 Å². The van der Waals surface area contributed by atoms with Crippen LogP contribution in [0.3, 0.4) is 0 Å². The molecule has 1 aromatic rings. The Kier molecular flexibility index (Phi) is 4.85. The van der Waals surface area contributed by atoms with Crippen LogP contribution in [0.4, 0.5) is 4.79 Å². The van der Waals surface area contributed by atoms with Gasteiger partial charge in [0.2, 0.25) is 0 Å². The molecule has 0 radical (unpaired) electrons. The number of hydrogen-bond acceptors (Lipinski definition) is 4. The van der Waals surface area contributed by atoms with Crippen LogP contribution in [0.15, 0.2) is 18.2 Å². The van der Waals surface area contributed by atoms with E-state index in [4.69, 9.17) is 14.6 Å². The maximum atomic E-state index is 12.6. The van der Waals surface area contributed by atoms with Gasteiger partial charge in [-0.3, -0.25) is 4.79 Å². The van der Waals surface area contributed by atoms with E-state index < -0.39 is 11.9 Å². The van der Waals surface area contributed by atoms with Gasteiger partial charge in [0.1, 0.15) is 13.2 Å². The van der Waals surface area contributed by atoms with Crippen LogP contribution in [0, 0.1) is 5.92 Å². The SMILES string of the molecule is O=C(O)C1CCN(C(=O)NCC2(c3ccc4c(c3)OCCO4)CCCC2)C1. The average Bonchev–Trinajstić information content (AvgIpc) is 3.36. The van der Waals surface area contributed by atoms with Crippen LogP contribution in [-0.2, 0) is 10.2 Å². The van der Waals surface area contributed by atoms with Crippen molar-refractivity contribution in [3.8, 4) is 11.5 Å². The van der Waals surface area contributed by atoms with Crippen LogP contribution in [0.5, 0.6) is 11.5 Å². The van der Waals surface area contributed by atoms with Crippen LogP contribution < -0.4 is 14.8 Å². The summed E-state index contributed by atoms with van der Waals surface area (Å²) in [6, 6.07) is 5.94. The molecule has 0 bridgehead atoms. The number of aliphatic carboxylic acids is 1. The fourth-order valence-electron chi connectivity index (χ4n) is 4.50. The highest BCUT2D eigenvalue weighted by atomic mass is 16.6. The first-order chi connectivity index (χ1) is 13.1. The average molecular weight is 374 g/mol. The molecule has 2 N–H and O–H groups in total. The zero-order chi connectivity index (χ0) is 18.9. The van der Waals surface area contributed by atoms with E-state index in [1.165, 1.54) is 5.56 Å². The number of rotatable bonds is 4. The van der Waals surface area contributed by atoms with Gasteiger partial charge in [-0.15, -0.1) is 0 Å². The number of carbonyl (C=O) groups excluding carboxylic acids is 1. The summed E-state index contributed by atoms with van der Waals surface area (Å²) in [5.41, 5.74) is 1.08. The molecule has 1 aliphatic carbocycles. The zero-order valence-corrected chi connectivity index (χ0v) is 15.4. The largest absolute Gasteiger partial charge is 0.486 e. The smallest absolute Gasteiger partial charge is 0.317 e. The molecular formula is C20H26N2O5. The van der Waals surface area contributed by atoms with E-state index in [1.807, 2.05) is 6.07 Å². The Balaban J connectivity index is 1.45. The van der Waals surface area contributed by atoms with E-state index in [1.54, 1.807) is 4.90 Å². The first-order valence-corrected chi connectivity index (χ1v) is 9.73. The fourth-order valence-corrected chi connectivity index (χ4v) is 4.50. The molecule has 146 valence electrons. The van der Waals surface area contributed by atoms with Gasteiger partial charge in [0.05, 0.1) is 5.92 Å². The third-order valence-corrected chi connectivity index (χ3v) is 6.12. The third-order valence-electron chi connectivity index (χ3n) is 6.12. The molecular weight excluding hydrogens is 348 g/mol. The van der Waals surface area contributed by atoms with Gasteiger partial charge in [-0.2, -0.15) is 0 Å². The minimum absolute atomic E-state index is 0.0998. The van der Waals surface area contributed by atoms with Crippen molar-refractivity contribution in [3.05, 3.63) is 23.8 Å². The Bertz CT molecular complexity index is 729.